The lowest BCUT2D eigenvalue weighted by Crippen LogP contribution is -2.28. The molecule has 1 unspecified atom stereocenters. The number of carbonyl (C=O) groups excluding carboxylic acids is 1. The molecule has 0 spiro atoms. The van der Waals surface area contributed by atoms with E-state index >= 15 is 0 Å². The lowest BCUT2D eigenvalue weighted by molar-refractivity contribution is 0.0670. The zero-order valence-corrected chi connectivity index (χ0v) is 12.2. The first-order valence-electron chi connectivity index (χ1n) is 7.28. The minimum atomic E-state index is -0.0818. The summed E-state index contributed by atoms with van der Waals surface area (Å²) in [7, 11) is 0. The molecule has 4 nitrogen and oxygen atoms in total. The summed E-state index contributed by atoms with van der Waals surface area (Å²) in [5.74, 6) is 0.977. The van der Waals surface area contributed by atoms with Crippen LogP contribution >= 0.6 is 0 Å². The second kappa shape index (κ2) is 7.29. The molecule has 1 heterocycles. The van der Waals surface area contributed by atoms with Gasteiger partial charge in [0.25, 0.3) is 5.91 Å². The van der Waals surface area contributed by atoms with Crippen molar-refractivity contribution in [2.24, 2.45) is 5.92 Å². The van der Waals surface area contributed by atoms with Crippen LogP contribution in [0.3, 0.4) is 0 Å². The summed E-state index contributed by atoms with van der Waals surface area (Å²) in [6, 6.07) is 7.35. The molecule has 0 bridgehead atoms. The first kappa shape index (κ1) is 14.9. The highest BCUT2D eigenvalue weighted by Gasteiger charge is 2.18. The van der Waals surface area contributed by atoms with Gasteiger partial charge in [-0.15, -0.1) is 0 Å². The molecule has 1 fully saturated rings. The highest BCUT2D eigenvalue weighted by atomic mass is 16.5. The molecule has 1 aromatic carbocycles. The topological polar surface area (TPSA) is 47.6 Å². The third kappa shape index (κ3) is 4.23. The molecule has 0 aromatic heterocycles. The molecule has 0 saturated carbocycles. The Morgan fingerprint density at radius 3 is 2.95 bits per heavy atom. The molecule has 1 aromatic rings. The van der Waals surface area contributed by atoms with Crippen molar-refractivity contribution in [1.82, 2.24) is 5.32 Å². The molecule has 110 valence electrons. The van der Waals surface area contributed by atoms with Crippen LogP contribution in [0.1, 0.15) is 37.0 Å². The molecule has 0 aliphatic carbocycles. The number of rotatable bonds is 6. The summed E-state index contributed by atoms with van der Waals surface area (Å²) in [6.07, 6.45) is 2.27. The number of hydrogen-bond acceptors (Lipinski definition) is 3. The quantitative estimate of drug-likeness (QED) is 0.869. The summed E-state index contributed by atoms with van der Waals surface area (Å²) in [5.41, 5.74) is 0.589. The Kier molecular flexibility index (Phi) is 5.41. The third-order valence-corrected chi connectivity index (χ3v) is 3.25. The van der Waals surface area contributed by atoms with Gasteiger partial charge in [-0.3, -0.25) is 4.79 Å². The zero-order chi connectivity index (χ0) is 14.4. The molecule has 4 heteroatoms. The van der Waals surface area contributed by atoms with Crippen molar-refractivity contribution in [2.45, 2.75) is 32.8 Å². The second-order valence-corrected chi connectivity index (χ2v) is 5.55. The molecule has 1 saturated heterocycles. The van der Waals surface area contributed by atoms with Gasteiger partial charge in [-0.1, -0.05) is 26.0 Å². The number of nitrogens with one attached hydrogen (secondary N) is 1. The van der Waals surface area contributed by atoms with E-state index in [0.717, 1.165) is 19.4 Å². The Morgan fingerprint density at radius 2 is 2.25 bits per heavy atom. The van der Waals surface area contributed by atoms with Crippen molar-refractivity contribution >= 4 is 5.91 Å². The predicted octanol–water partition coefficient (Wildman–Crippen LogP) is 2.63. The number of benzene rings is 1. The standard InChI is InChI=1S/C16H23NO3/c1-12(2)10-17-16(18)14-7-3-4-8-15(14)20-11-13-6-5-9-19-13/h3-4,7-8,12-13H,5-6,9-11H2,1-2H3,(H,17,18). The summed E-state index contributed by atoms with van der Waals surface area (Å²) in [4.78, 5) is 12.1. The second-order valence-electron chi connectivity index (χ2n) is 5.55. The number of amides is 1. The van der Waals surface area contributed by atoms with Crippen molar-refractivity contribution in [3.05, 3.63) is 29.8 Å². The van der Waals surface area contributed by atoms with Crippen LogP contribution in [0.4, 0.5) is 0 Å². The van der Waals surface area contributed by atoms with Gasteiger partial charge >= 0.3 is 0 Å². The van der Waals surface area contributed by atoms with E-state index in [0.29, 0.717) is 30.4 Å². The number of carbonyl (C=O) groups is 1. The molecular weight excluding hydrogens is 254 g/mol. The van der Waals surface area contributed by atoms with E-state index in [1.807, 2.05) is 18.2 Å². The van der Waals surface area contributed by atoms with Crippen LogP contribution in [0.25, 0.3) is 0 Å². The minimum Gasteiger partial charge on any atom is -0.490 e. The van der Waals surface area contributed by atoms with Crippen LogP contribution in [-0.2, 0) is 4.74 Å². The van der Waals surface area contributed by atoms with E-state index < -0.39 is 0 Å². The van der Waals surface area contributed by atoms with Gasteiger partial charge in [0, 0.05) is 13.2 Å². The van der Waals surface area contributed by atoms with Crippen molar-refractivity contribution < 1.29 is 14.3 Å². The Morgan fingerprint density at radius 1 is 1.45 bits per heavy atom. The maximum absolute atomic E-state index is 12.1. The van der Waals surface area contributed by atoms with Gasteiger partial charge < -0.3 is 14.8 Å². The van der Waals surface area contributed by atoms with Crippen molar-refractivity contribution in [1.29, 1.82) is 0 Å². The van der Waals surface area contributed by atoms with E-state index in [9.17, 15) is 4.79 Å². The fraction of sp³-hybridized carbons (Fsp3) is 0.562. The van der Waals surface area contributed by atoms with Crippen LogP contribution in [0.2, 0.25) is 0 Å². The summed E-state index contributed by atoms with van der Waals surface area (Å²) in [6.45, 7) is 6.12. The molecule has 0 radical (unpaired) electrons. The Bertz CT molecular complexity index is 439. The van der Waals surface area contributed by atoms with Crippen molar-refractivity contribution in [3.8, 4) is 5.75 Å². The average molecular weight is 277 g/mol. The molecule has 1 aliphatic rings. The highest BCUT2D eigenvalue weighted by molar-refractivity contribution is 5.96. The van der Waals surface area contributed by atoms with Gasteiger partial charge in [-0.25, -0.2) is 0 Å². The smallest absolute Gasteiger partial charge is 0.255 e. The Hall–Kier alpha value is -1.55. The average Bonchev–Trinajstić information content (AvgIpc) is 2.96. The van der Waals surface area contributed by atoms with Crippen molar-refractivity contribution in [2.75, 3.05) is 19.8 Å². The summed E-state index contributed by atoms with van der Waals surface area (Å²) < 4.78 is 11.3. The Balaban J connectivity index is 1.95. The van der Waals surface area contributed by atoms with E-state index in [1.165, 1.54) is 0 Å². The lowest BCUT2D eigenvalue weighted by Gasteiger charge is -2.15. The monoisotopic (exact) mass is 277 g/mol. The minimum absolute atomic E-state index is 0.0818. The molecule has 1 atom stereocenters. The van der Waals surface area contributed by atoms with Crippen molar-refractivity contribution in [3.63, 3.8) is 0 Å². The van der Waals surface area contributed by atoms with E-state index in [4.69, 9.17) is 9.47 Å². The van der Waals surface area contributed by atoms with E-state index in [1.54, 1.807) is 6.07 Å². The van der Waals surface area contributed by atoms with Crippen LogP contribution in [-0.4, -0.2) is 31.8 Å². The van der Waals surface area contributed by atoms with Gasteiger partial charge in [0.2, 0.25) is 0 Å². The lowest BCUT2D eigenvalue weighted by atomic mass is 10.1. The first-order valence-corrected chi connectivity index (χ1v) is 7.28. The van der Waals surface area contributed by atoms with E-state index in [-0.39, 0.29) is 12.0 Å². The maximum Gasteiger partial charge on any atom is 0.255 e. The van der Waals surface area contributed by atoms with Crippen LogP contribution in [0, 0.1) is 5.92 Å². The maximum atomic E-state index is 12.1. The third-order valence-electron chi connectivity index (χ3n) is 3.25. The number of hydrogen-bond donors (Lipinski definition) is 1. The molecule has 1 aliphatic heterocycles. The highest BCUT2D eigenvalue weighted by Crippen LogP contribution is 2.20. The molecule has 2 rings (SSSR count). The zero-order valence-electron chi connectivity index (χ0n) is 12.2. The van der Waals surface area contributed by atoms with Gasteiger partial charge in [0.1, 0.15) is 12.4 Å². The van der Waals surface area contributed by atoms with Crippen LogP contribution < -0.4 is 10.1 Å². The summed E-state index contributed by atoms with van der Waals surface area (Å²) in [5, 5.41) is 2.92. The normalized spacial score (nSPS) is 18.2. The Labute approximate surface area is 120 Å². The molecule has 1 amide bonds. The van der Waals surface area contributed by atoms with Gasteiger partial charge in [0.05, 0.1) is 11.7 Å². The number of ether oxygens (including phenoxy) is 2. The summed E-state index contributed by atoms with van der Waals surface area (Å²) >= 11 is 0. The van der Waals surface area contributed by atoms with Gasteiger partial charge in [0.15, 0.2) is 0 Å². The number of para-hydroxylation sites is 1. The fourth-order valence-electron chi connectivity index (χ4n) is 2.13. The SMILES string of the molecule is CC(C)CNC(=O)c1ccccc1OCC1CCCO1. The van der Waals surface area contributed by atoms with Gasteiger partial charge in [-0.05, 0) is 30.9 Å². The first-order chi connectivity index (χ1) is 9.66. The molecule has 20 heavy (non-hydrogen) atoms. The predicted molar refractivity (Wildman–Crippen MR) is 78.1 cm³/mol. The van der Waals surface area contributed by atoms with Crippen LogP contribution in [0.15, 0.2) is 24.3 Å². The van der Waals surface area contributed by atoms with Crippen LogP contribution in [0.5, 0.6) is 5.75 Å². The largest absolute Gasteiger partial charge is 0.490 e. The fourth-order valence-corrected chi connectivity index (χ4v) is 2.13. The van der Waals surface area contributed by atoms with E-state index in [2.05, 4.69) is 19.2 Å². The molecular formula is C16H23NO3. The van der Waals surface area contributed by atoms with Gasteiger partial charge in [-0.2, -0.15) is 0 Å². The molecule has 1 N–H and O–H groups in total.